The van der Waals surface area contributed by atoms with E-state index in [2.05, 4.69) is 15.9 Å². The minimum atomic E-state index is -0.00343. The van der Waals surface area contributed by atoms with Crippen LogP contribution in [-0.2, 0) is 0 Å². The van der Waals surface area contributed by atoms with Gasteiger partial charge in [-0.3, -0.25) is 4.79 Å². The van der Waals surface area contributed by atoms with Crippen LogP contribution in [0.2, 0.25) is 0 Å². The number of halogens is 1. The number of Topliss-reactive ketones (excluding diaryl/α,β-unsaturated/α-hetero) is 1. The quantitative estimate of drug-likeness (QED) is 0.808. The highest BCUT2D eigenvalue weighted by atomic mass is 79.9. The Labute approximate surface area is 86.3 Å². The first-order chi connectivity index (χ1) is 6.07. The summed E-state index contributed by atoms with van der Waals surface area (Å²) in [6.07, 6.45) is 0. The molecule has 0 aliphatic rings. The molecule has 70 valence electrons. The van der Waals surface area contributed by atoms with Crippen LogP contribution in [-0.4, -0.2) is 12.3 Å². The highest BCUT2D eigenvalue weighted by molar-refractivity contribution is 9.10. The summed E-state index contributed by atoms with van der Waals surface area (Å²) in [4.78, 5) is 11.5. The van der Waals surface area contributed by atoms with Crippen LogP contribution < -0.4 is 5.73 Å². The molecule has 0 aliphatic carbocycles. The van der Waals surface area contributed by atoms with E-state index in [1.165, 1.54) is 0 Å². The van der Waals surface area contributed by atoms with Crippen molar-refractivity contribution in [3.05, 3.63) is 33.3 Å². The van der Waals surface area contributed by atoms with Gasteiger partial charge in [-0.25, -0.2) is 0 Å². The van der Waals surface area contributed by atoms with Crippen molar-refractivity contribution in [1.29, 1.82) is 0 Å². The first-order valence-corrected chi connectivity index (χ1v) is 4.86. The van der Waals surface area contributed by atoms with E-state index in [9.17, 15) is 4.79 Å². The maximum Gasteiger partial charge on any atom is 0.176 e. The number of carbonyl (C=O) groups is 1. The zero-order valence-corrected chi connectivity index (χ0v) is 9.31. The third-order valence-electron chi connectivity index (χ3n) is 2.07. The van der Waals surface area contributed by atoms with Crippen LogP contribution in [0.5, 0.6) is 0 Å². The van der Waals surface area contributed by atoms with Gasteiger partial charge in [0.25, 0.3) is 0 Å². The third kappa shape index (κ3) is 1.98. The van der Waals surface area contributed by atoms with E-state index in [1.54, 1.807) is 0 Å². The van der Waals surface area contributed by atoms with Crippen LogP contribution in [0.1, 0.15) is 21.5 Å². The number of rotatable bonds is 2. The molecule has 1 aromatic rings. The van der Waals surface area contributed by atoms with Crippen LogP contribution in [0.15, 0.2) is 16.6 Å². The lowest BCUT2D eigenvalue weighted by Gasteiger charge is -2.08. The van der Waals surface area contributed by atoms with Crippen molar-refractivity contribution in [2.24, 2.45) is 5.73 Å². The maximum atomic E-state index is 11.5. The molecule has 0 aromatic heterocycles. The Bertz CT molecular complexity index is 347. The predicted molar refractivity (Wildman–Crippen MR) is 57.0 cm³/mol. The van der Waals surface area contributed by atoms with Crippen LogP contribution in [0.4, 0.5) is 0 Å². The third-order valence-corrected chi connectivity index (χ3v) is 2.93. The molecule has 0 unspecified atom stereocenters. The molecule has 0 aliphatic heterocycles. The van der Waals surface area contributed by atoms with E-state index in [1.807, 2.05) is 26.0 Å². The number of carbonyl (C=O) groups excluding carboxylic acids is 1. The summed E-state index contributed by atoms with van der Waals surface area (Å²) in [5.41, 5.74) is 8.02. The SMILES string of the molecule is Cc1ccc(Br)c(C)c1C(=O)CN. The fourth-order valence-electron chi connectivity index (χ4n) is 1.35. The van der Waals surface area contributed by atoms with Crippen molar-refractivity contribution in [3.63, 3.8) is 0 Å². The highest BCUT2D eigenvalue weighted by Crippen LogP contribution is 2.22. The van der Waals surface area contributed by atoms with Gasteiger partial charge in [0.1, 0.15) is 0 Å². The molecule has 2 N–H and O–H groups in total. The number of aryl methyl sites for hydroxylation is 1. The highest BCUT2D eigenvalue weighted by Gasteiger charge is 2.11. The van der Waals surface area contributed by atoms with Gasteiger partial charge in [-0.1, -0.05) is 22.0 Å². The molecule has 0 fully saturated rings. The number of ketones is 1. The van der Waals surface area contributed by atoms with E-state index in [0.29, 0.717) is 0 Å². The second-order valence-electron chi connectivity index (χ2n) is 2.99. The Morgan fingerprint density at radius 1 is 1.46 bits per heavy atom. The van der Waals surface area contributed by atoms with Gasteiger partial charge in [-0.2, -0.15) is 0 Å². The Balaban J connectivity index is 3.33. The summed E-state index contributed by atoms with van der Waals surface area (Å²) < 4.78 is 0.954. The number of hydrogen-bond donors (Lipinski definition) is 1. The Morgan fingerprint density at radius 2 is 2.08 bits per heavy atom. The van der Waals surface area contributed by atoms with E-state index < -0.39 is 0 Å². The summed E-state index contributed by atoms with van der Waals surface area (Å²) in [5.74, 6) is -0.00343. The number of hydrogen-bond acceptors (Lipinski definition) is 2. The molecule has 0 atom stereocenters. The largest absolute Gasteiger partial charge is 0.324 e. The molecular weight excluding hydrogens is 230 g/mol. The smallest absolute Gasteiger partial charge is 0.176 e. The van der Waals surface area contributed by atoms with Gasteiger partial charge in [0.15, 0.2) is 5.78 Å². The topological polar surface area (TPSA) is 43.1 Å². The van der Waals surface area contributed by atoms with Crippen LogP contribution in [0.3, 0.4) is 0 Å². The summed E-state index contributed by atoms with van der Waals surface area (Å²) in [5, 5.41) is 0. The van der Waals surface area contributed by atoms with Gasteiger partial charge in [0, 0.05) is 10.0 Å². The van der Waals surface area contributed by atoms with E-state index in [-0.39, 0.29) is 12.3 Å². The molecule has 2 nitrogen and oxygen atoms in total. The number of benzene rings is 1. The molecule has 0 amide bonds. The van der Waals surface area contributed by atoms with Gasteiger partial charge < -0.3 is 5.73 Å². The second-order valence-corrected chi connectivity index (χ2v) is 3.85. The lowest BCUT2D eigenvalue weighted by molar-refractivity contribution is 0.1000. The van der Waals surface area contributed by atoms with Gasteiger partial charge in [-0.05, 0) is 31.0 Å². The fourth-order valence-corrected chi connectivity index (χ4v) is 1.68. The maximum absolute atomic E-state index is 11.5. The van der Waals surface area contributed by atoms with Crippen LogP contribution in [0, 0.1) is 13.8 Å². The minimum absolute atomic E-state index is 0.00343. The molecular formula is C10H12BrNO. The summed E-state index contributed by atoms with van der Waals surface area (Å²) >= 11 is 3.38. The van der Waals surface area contributed by atoms with Crippen molar-refractivity contribution in [2.75, 3.05) is 6.54 Å². The van der Waals surface area contributed by atoms with Crippen molar-refractivity contribution >= 4 is 21.7 Å². The normalized spacial score (nSPS) is 10.2. The lowest BCUT2D eigenvalue weighted by atomic mass is 9.99. The molecule has 0 saturated carbocycles. The molecule has 0 saturated heterocycles. The van der Waals surface area contributed by atoms with Gasteiger partial charge in [0.2, 0.25) is 0 Å². The Kier molecular flexibility index (Phi) is 3.22. The Hall–Kier alpha value is -0.670. The van der Waals surface area contributed by atoms with E-state index in [4.69, 9.17) is 5.73 Å². The first-order valence-electron chi connectivity index (χ1n) is 4.07. The van der Waals surface area contributed by atoms with E-state index >= 15 is 0 Å². The van der Waals surface area contributed by atoms with Crippen molar-refractivity contribution in [3.8, 4) is 0 Å². The van der Waals surface area contributed by atoms with Gasteiger partial charge in [-0.15, -0.1) is 0 Å². The fraction of sp³-hybridized carbons (Fsp3) is 0.300. The molecule has 0 radical (unpaired) electrons. The van der Waals surface area contributed by atoms with Crippen LogP contribution in [0.25, 0.3) is 0 Å². The van der Waals surface area contributed by atoms with Crippen molar-refractivity contribution < 1.29 is 4.79 Å². The summed E-state index contributed by atoms with van der Waals surface area (Å²) in [6.45, 7) is 3.90. The van der Waals surface area contributed by atoms with Gasteiger partial charge in [0.05, 0.1) is 6.54 Å². The molecule has 3 heteroatoms. The van der Waals surface area contributed by atoms with Crippen molar-refractivity contribution in [2.45, 2.75) is 13.8 Å². The second kappa shape index (κ2) is 4.03. The molecule has 0 bridgehead atoms. The average molecular weight is 242 g/mol. The average Bonchev–Trinajstić information content (AvgIpc) is 2.12. The van der Waals surface area contributed by atoms with Crippen LogP contribution >= 0.6 is 15.9 Å². The first kappa shape index (κ1) is 10.4. The minimum Gasteiger partial charge on any atom is -0.324 e. The number of nitrogens with two attached hydrogens (primary N) is 1. The molecule has 0 spiro atoms. The zero-order valence-electron chi connectivity index (χ0n) is 7.73. The predicted octanol–water partition coefficient (Wildman–Crippen LogP) is 2.21. The zero-order chi connectivity index (χ0) is 10.0. The van der Waals surface area contributed by atoms with Crippen molar-refractivity contribution in [1.82, 2.24) is 0 Å². The van der Waals surface area contributed by atoms with E-state index in [0.717, 1.165) is 21.2 Å². The van der Waals surface area contributed by atoms with Gasteiger partial charge >= 0.3 is 0 Å². The monoisotopic (exact) mass is 241 g/mol. The Morgan fingerprint density at radius 3 is 2.62 bits per heavy atom. The molecule has 1 aromatic carbocycles. The molecule has 0 heterocycles. The summed E-state index contributed by atoms with van der Waals surface area (Å²) in [7, 11) is 0. The molecule has 13 heavy (non-hydrogen) atoms. The summed E-state index contributed by atoms with van der Waals surface area (Å²) in [6, 6.07) is 3.86. The molecule has 1 rings (SSSR count). The lowest BCUT2D eigenvalue weighted by Crippen LogP contribution is -2.16. The standard InChI is InChI=1S/C10H12BrNO/c1-6-3-4-8(11)7(2)10(6)9(13)5-12/h3-4H,5,12H2,1-2H3.